The van der Waals surface area contributed by atoms with Gasteiger partial charge in [-0.25, -0.2) is 9.78 Å². The Morgan fingerprint density at radius 1 is 1.14 bits per heavy atom. The molecule has 0 amide bonds. The van der Waals surface area contributed by atoms with E-state index < -0.39 is 5.97 Å². The smallest absolute Gasteiger partial charge is 0.336 e. The molecule has 1 aromatic heterocycles. The third-order valence-electron chi connectivity index (χ3n) is 3.16. The van der Waals surface area contributed by atoms with Gasteiger partial charge in [0, 0.05) is 20.4 Å². The maximum Gasteiger partial charge on any atom is 0.336 e. The van der Waals surface area contributed by atoms with Gasteiger partial charge in [0.15, 0.2) is 0 Å². The first-order valence-corrected chi connectivity index (χ1v) is 7.32. The quantitative estimate of drug-likeness (QED) is 0.696. The highest BCUT2D eigenvalue weighted by atomic mass is 79.9. The predicted molar refractivity (Wildman–Crippen MR) is 86.8 cm³/mol. The molecule has 2 aromatic carbocycles. The van der Waals surface area contributed by atoms with Crippen molar-refractivity contribution in [3.05, 3.63) is 63.6 Å². The summed E-state index contributed by atoms with van der Waals surface area (Å²) in [6, 6.07) is 14.1. The van der Waals surface area contributed by atoms with Gasteiger partial charge in [-0.15, -0.1) is 0 Å². The monoisotopic (exact) mass is 361 g/mol. The topological polar surface area (TPSA) is 50.2 Å². The van der Waals surface area contributed by atoms with Gasteiger partial charge in [-0.05, 0) is 40.2 Å². The Kier molecular flexibility index (Phi) is 3.66. The van der Waals surface area contributed by atoms with Gasteiger partial charge in [-0.2, -0.15) is 0 Å². The number of para-hydroxylation sites is 1. The summed E-state index contributed by atoms with van der Waals surface area (Å²) in [7, 11) is 0. The highest BCUT2D eigenvalue weighted by molar-refractivity contribution is 9.10. The zero-order valence-electron chi connectivity index (χ0n) is 10.7. The summed E-state index contributed by atoms with van der Waals surface area (Å²) in [5.74, 6) is -0.976. The number of pyridine rings is 1. The summed E-state index contributed by atoms with van der Waals surface area (Å²) < 4.78 is 0.762. The number of aromatic nitrogens is 1. The Labute approximate surface area is 134 Å². The van der Waals surface area contributed by atoms with Crippen molar-refractivity contribution in [1.29, 1.82) is 0 Å². The minimum atomic E-state index is -0.976. The largest absolute Gasteiger partial charge is 0.478 e. The SMILES string of the molecule is O=C(O)c1cc(-c2ccc(Cl)cc2)nc2c(Br)cccc12. The molecule has 0 saturated heterocycles. The van der Waals surface area contributed by atoms with Gasteiger partial charge in [0.25, 0.3) is 0 Å². The Bertz CT molecular complexity index is 847. The number of carboxylic acid groups (broad SMARTS) is 1. The van der Waals surface area contributed by atoms with E-state index in [2.05, 4.69) is 20.9 Å². The molecule has 0 fully saturated rings. The molecule has 0 radical (unpaired) electrons. The van der Waals surface area contributed by atoms with Gasteiger partial charge in [-0.1, -0.05) is 35.9 Å². The van der Waals surface area contributed by atoms with Gasteiger partial charge in [0.1, 0.15) is 0 Å². The molecule has 5 heteroatoms. The second-order valence-electron chi connectivity index (χ2n) is 4.50. The maximum absolute atomic E-state index is 11.5. The molecule has 104 valence electrons. The van der Waals surface area contributed by atoms with Crippen LogP contribution in [-0.2, 0) is 0 Å². The van der Waals surface area contributed by atoms with Crippen molar-refractivity contribution in [3.63, 3.8) is 0 Å². The average molecular weight is 363 g/mol. The second kappa shape index (κ2) is 5.47. The van der Waals surface area contributed by atoms with E-state index in [1.165, 1.54) is 0 Å². The van der Waals surface area contributed by atoms with Crippen molar-refractivity contribution in [3.8, 4) is 11.3 Å². The van der Waals surface area contributed by atoms with Crippen molar-refractivity contribution in [2.24, 2.45) is 0 Å². The van der Waals surface area contributed by atoms with Crippen LogP contribution in [0.4, 0.5) is 0 Å². The number of fused-ring (bicyclic) bond motifs is 1. The van der Waals surface area contributed by atoms with Crippen molar-refractivity contribution in [2.45, 2.75) is 0 Å². The lowest BCUT2D eigenvalue weighted by Crippen LogP contribution is -2.00. The second-order valence-corrected chi connectivity index (χ2v) is 5.79. The van der Waals surface area contributed by atoms with Crippen molar-refractivity contribution in [2.75, 3.05) is 0 Å². The molecule has 1 N–H and O–H groups in total. The Morgan fingerprint density at radius 3 is 2.52 bits per heavy atom. The fourth-order valence-electron chi connectivity index (χ4n) is 2.16. The fourth-order valence-corrected chi connectivity index (χ4v) is 2.74. The molecule has 3 nitrogen and oxygen atoms in total. The molecule has 3 aromatic rings. The fraction of sp³-hybridized carbons (Fsp3) is 0. The van der Waals surface area contributed by atoms with E-state index in [9.17, 15) is 9.90 Å². The zero-order chi connectivity index (χ0) is 15.0. The van der Waals surface area contributed by atoms with Crippen LogP contribution in [0.2, 0.25) is 5.02 Å². The minimum absolute atomic E-state index is 0.228. The first-order chi connectivity index (χ1) is 10.1. The maximum atomic E-state index is 11.5. The molecule has 1 heterocycles. The van der Waals surface area contributed by atoms with Crippen LogP contribution in [0.3, 0.4) is 0 Å². The van der Waals surface area contributed by atoms with Crippen molar-refractivity contribution < 1.29 is 9.90 Å². The standard InChI is InChI=1S/C16H9BrClNO2/c17-13-3-1-2-11-12(16(20)21)8-14(19-15(11)13)9-4-6-10(18)7-5-9/h1-8H,(H,20,21). The molecule has 0 spiro atoms. The first-order valence-electron chi connectivity index (χ1n) is 6.15. The molecule has 0 aliphatic carbocycles. The lowest BCUT2D eigenvalue weighted by atomic mass is 10.0. The number of carbonyl (C=O) groups is 1. The minimum Gasteiger partial charge on any atom is -0.478 e. The zero-order valence-corrected chi connectivity index (χ0v) is 13.0. The van der Waals surface area contributed by atoms with Crippen molar-refractivity contribution >= 4 is 44.4 Å². The number of halogens is 2. The van der Waals surface area contributed by atoms with E-state index in [1.54, 1.807) is 30.3 Å². The van der Waals surface area contributed by atoms with Crippen LogP contribution < -0.4 is 0 Å². The molecule has 3 rings (SSSR count). The lowest BCUT2D eigenvalue weighted by Gasteiger charge is -2.08. The summed E-state index contributed by atoms with van der Waals surface area (Å²) in [5.41, 5.74) is 2.27. The highest BCUT2D eigenvalue weighted by Gasteiger charge is 2.14. The molecule has 0 unspecified atom stereocenters. The Hall–Kier alpha value is -1.91. The van der Waals surface area contributed by atoms with Crippen LogP contribution in [0.15, 0.2) is 53.0 Å². The molecule has 0 saturated carbocycles. The van der Waals surface area contributed by atoms with Crippen LogP contribution >= 0.6 is 27.5 Å². The lowest BCUT2D eigenvalue weighted by molar-refractivity contribution is 0.0699. The van der Waals surface area contributed by atoms with Crippen LogP contribution in [0.1, 0.15) is 10.4 Å². The Balaban J connectivity index is 2.32. The highest BCUT2D eigenvalue weighted by Crippen LogP contribution is 2.29. The van der Waals surface area contributed by atoms with Gasteiger partial charge < -0.3 is 5.11 Å². The summed E-state index contributed by atoms with van der Waals surface area (Å²) >= 11 is 9.30. The van der Waals surface area contributed by atoms with E-state index >= 15 is 0 Å². The third-order valence-corrected chi connectivity index (χ3v) is 4.05. The molecule has 21 heavy (non-hydrogen) atoms. The molecule has 0 aliphatic heterocycles. The average Bonchev–Trinajstić information content (AvgIpc) is 2.47. The van der Waals surface area contributed by atoms with E-state index in [0.29, 0.717) is 21.6 Å². The number of benzene rings is 2. The summed E-state index contributed by atoms with van der Waals surface area (Å²) in [6.45, 7) is 0. The molecule has 0 aliphatic rings. The summed E-state index contributed by atoms with van der Waals surface area (Å²) in [5, 5.41) is 10.7. The van der Waals surface area contributed by atoms with Gasteiger partial charge >= 0.3 is 5.97 Å². The Morgan fingerprint density at radius 2 is 1.86 bits per heavy atom. The number of hydrogen-bond donors (Lipinski definition) is 1. The number of nitrogens with zero attached hydrogens (tertiary/aromatic N) is 1. The van der Waals surface area contributed by atoms with Gasteiger partial charge in [-0.3, -0.25) is 0 Å². The number of hydrogen-bond acceptors (Lipinski definition) is 2. The molecule has 0 atom stereocenters. The van der Waals surface area contributed by atoms with Crippen LogP contribution in [0.5, 0.6) is 0 Å². The van der Waals surface area contributed by atoms with Gasteiger partial charge in [0.05, 0.1) is 16.8 Å². The number of aromatic carboxylic acids is 1. The summed E-state index contributed by atoms with van der Waals surface area (Å²) in [4.78, 5) is 16.1. The normalized spacial score (nSPS) is 10.8. The van der Waals surface area contributed by atoms with E-state index in [0.717, 1.165) is 10.0 Å². The van der Waals surface area contributed by atoms with Crippen LogP contribution in [0.25, 0.3) is 22.2 Å². The van der Waals surface area contributed by atoms with E-state index in [1.807, 2.05) is 18.2 Å². The summed E-state index contributed by atoms with van der Waals surface area (Å²) in [6.07, 6.45) is 0. The van der Waals surface area contributed by atoms with E-state index in [4.69, 9.17) is 11.6 Å². The number of carboxylic acids is 1. The van der Waals surface area contributed by atoms with E-state index in [-0.39, 0.29) is 5.56 Å². The number of rotatable bonds is 2. The molecular weight excluding hydrogens is 354 g/mol. The molecule has 0 bridgehead atoms. The van der Waals surface area contributed by atoms with Crippen LogP contribution in [-0.4, -0.2) is 16.1 Å². The third kappa shape index (κ3) is 2.64. The van der Waals surface area contributed by atoms with Gasteiger partial charge in [0.2, 0.25) is 0 Å². The molecular formula is C16H9BrClNO2. The predicted octanol–water partition coefficient (Wildman–Crippen LogP) is 5.02. The van der Waals surface area contributed by atoms with Crippen molar-refractivity contribution in [1.82, 2.24) is 4.98 Å². The first kappa shape index (κ1) is 14.0. The van der Waals surface area contributed by atoms with Crippen LogP contribution in [0, 0.1) is 0 Å².